The van der Waals surface area contributed by atoms with E-state index in [-0.39, 0.29) is 21.4 Å². The van der Waals surface area contributed by atoms with Crippen LogP contribution in [0.4, 0.5) is 11.4 Å². The van der Waals surface area contributed by atoms with Crippen molar-refractivity contribution in [1.82, 2.24) is 4.72 Å². The van der Waals surface area contributed by atoms with Gasteiger partial charge in [0.15, 0.2) is 0 Å². The Kier molecular flexibility index (Phi) is 7.28. The van der Waals surface area contributed by atoms with Crippen molar-refractivity contribution in [2.24, 2.45) is 0 Å². The Balaban J connectivity index is 2.33. The summed E-state index contributed by atoms with van der Waals surface area (Å²) in [4.78, 5) is 24.2. The number of amides is 2. The third kappa shape index (κ3) is 6.29. The van der Waals surface area contributed by atoms with Gasteiger partial charge in [-0.25, -0.2) is 13.1 Å². The Labute approximate surface area is 182 Å². The van der Waals surface area contributed by atoms with Crippen LogP contribution in [0.3, 0.4) is 0 Å². The van der Waals surface area contributed by atoms with Gasteiger partial charge in [-0.15, -0.1) is 0 Å². The number of rotatable bonds is 6. The van der Waals surface area contributed by atoms with E-state index in [1.54, 1.807) is 45.9 Å². The van der Waals surface area contributed by atoms with E-state index in [9.17, 15) is 18.0 Å². The van der Waals surface area contributed by atoms with Crippen LogP contribution in [0, 0.1) is 6.92 Å². The van der Waals surface area contributed by atoms with Crippen LogP contribution in [0.25, 0.3) is 0 Å². The number of carbonyl (C=O) groups is 2. The number of aryl methyl sites for hydroxylation is 1. The maximum atomic E-state index is 12.8. The number of nitrogens with one attached hydrogen (secondary N) is 3. The lowest BCUT2D eigenvalue weighted by Crippen LogP contribution is -2.40. The monoisotopic (exact) mass is 451 g/mol. The lowest BCUT2D eigenvalue weighted by atomic mass is 10.1. The Hall–Kier alpha value is -2.42. The van der Waals surface area contributed by atoms with Gasteiger partial charge in [-0.1, -0.05) is 24.6 Å². The van der Waals surface area contributed by atoms with Crippen molar-refractivity contribution < 1.29 is 18.0 Å². The van der Waals surface area contributed by atoms with Gasteiger partial charge in [-0.3, -0.25) is 9.59 Å². The van der Waals surface area contributed by atoms with Crippen LogP contribution in [0.2, 0.25) is 5.02 Å². The van der Waals surface area contributed by atoms with Crippen LogP contribution in [-0.4, -0.2) is 25.8 Å². The molecule has 2 amide bonds. The Bertz CT molecular complexity index is 1080. The summed E-state index contributed by atoms with van der Waals surface area (Å²) in [6.45, 7) is 8.69. The molecule has 0 spiro atoms. The zero-order valence-electron chi connectivity index (χ0n) is 17.6. The average molecular weight is 452 g/mol. The normalized spacial score (nSPS) is 11.8. The first-order chi connectivity index (χ1) is 13.8. The summed E-state index contributed by atoms with van der Waals surface area (Å²) in [5, 5.41) is 5.51. The molecule has 0 aliphatic rings. The van der Waals surface area contributed by atoms with Gasteiger partial charge in [0.25, 0.3) is 5.91 Å². The fourth-order valence-electron chi connectivity index (χ4n) is 2.59. The standard InChI is InChI=1S/C21H26ClN3O4S/c1-6-19(26)23-15-9-7-13(2)17(12-15)24-20(27)14-8-10-16(22)18(11-14)30(28,29)25-21(3,4)5/h7-12,25H,6H2,1-5H3,(H,23,26)(H,24,27). The van der Waals surface area contributed by atoms with Crippen molar-refractivity contribution in [2.75, 3.05) is 10.6 Å². The number of halogens is 1. The van der Waals surface area contributed by atoms with Gasteiger partial charge in [-0.2, -0.15) is 0 Å². The lowest BCUT2D eigenvalue weighted by Gasteiger charge is -2.21. The molecule has 2 aromatic rings. The van der Waals surface area contributed by atoms with Crippen molar-refractivity contribution in [1.29, 1.82) is 0 Å². The predicted molar refractivity (Wildman–Crippen MR) is 120 cm³/mol. The minimum atomic E-state index is -3.92. The minimum absolute atomic E-state index is 0.0174. The second-order valence-corrected chi connectivity index (χ2v) is 9.94. The van der Waals surface area contributed by atoms with Crippen molar-refractivity contribution in [2.45, 2.75) is 51.5 Å². The fraction of sp³-hybridized carbons (Fsp3) is 0.333. The molecule has 2 rings (SSSR count). The SMILES string of the molecule is CCC(=O)Nc1ccc(C)c(NC(=O)c2ccc(Cl)c(S(=O)(=O)NC(C)(C)C)c2)c1. The first-order valence-electron chi connectivity index (χ1n) is 9.38. The van der Waals surface area contributed by atoms with Gasteiger partial charge in [0, 0.05) is 28.9 Å². The number of hydrogen-bond acceptors (Lipinski definition) is 4. The van der Waals surface area contributed by atoms with Gasteiger partial charge in [-0.05, 0) is 63.6 Å². The maximum absolute atomic E-state index is 12.8. The topological polar surface area (TPSA) is 104 Å². The predicted octanol–water partition coefficient (Wildman–Crippen LogP) is 4.33. The third-order valence-electron chi connectivity index (χ3n) is 4.01. The van der Waals surface area contributed by atoms with E-state index in [4.69, 9.17) is 11.6 Å². The molecule has 162 valence electrons. The van der Waals surface area contributed by atoms with Crippen LogP contribution in [0.1, 0.15) is 50.0 Å². The maximum Gasteiger partial charge on any atom is 0.255 e. The molecule has 0 radical (unpaired) electrons. The highest BCUT2D eigenvalue weighted by Crippen LogP contribution is 2.26. The highest BCUT2D eigenvalue weighted by Gasteiger charge is 2.25. The highest BCUT2D eigenvalue weighted by atomic mass is 35.5. The van der Waals surface area contributed by atoms with E-state index in [1.165, 1.54) is 18.2 Å². The first kappa shape index (κ1) is 23.9. The van der Waals surface area contributed by atoms with Crippen molar-refractivity contribution in [3.8, 4) is 0 Å². The number of hydrogen-bond donors (Lipinski definition) is 3. The summed E-state index contributed by atoms with van der Waals surface area (Å²) in [6.07, 6.45) is 0.334. The molecule has 0 heterocycles. The largest absolute Gasteiger partial charge is 0.326 e. The number of benzene rings is 2. The molecule has 0 atom stereocenters. The van der Waals surface area contributed by atoms with Gasteiger partial charge in [0.05, 0.1) is 5.02 Å². The van der Waals surface area contributed by atoms with Crippen molar-refractivity contribution in [3.05, 3.63) is 52.5 Å². The lowest BCUT2D eigenvalue weighted by molar-refractivity contribution is -0.115. The van der Waals surface area contributed by atoms with E-state index < -0.39 is 21.5 Å². The molecule has 2 aromatic carbocycles. The second-order valence-electron chi connectivity index (χ2n) is 7.89. The fourth-order valence-corrected chi connectivity index (χ4v) is 4.53. The van der Waals surface area contributed by atoms with E-state index >= 15 is 0 Å². The number of anilines is 2. The summed E-state index contributed by atoms with van der Waals surface area (Å²) >= 11 is 6.09. The molecule has 7 nitrogen and oxygen atoms in total. The first-order valence-corrected chi connectivity index (χ1v) is 11.2. The summed E-state index contributed by atoms with van der Waals surface area (Å²) < 4.78 is 27.9. The van der Waals surface area contributed by atoms with E-state index in [1.807, 2.05) is 6.92 Å². The van der Waals surface area contributed by atoms with E-state index in [0.29, 0.717) is 17.8 Å². The van der Waals surface area contributed by atoms with E-state index in [2.05, 4.69) is 15.4 Å². The van der Waals surface area contributed by atoms with Crippen molar-refractivity contribution >= 4 is 44.8 Å². The molecule has 0 saturated heterocycles. The summed E-state index contributed by atoms with van der Waals surface area (Å²) in [5.41, 5.74) is 1.27. The van der Waals surface area contributed by atoms with Crippen LogP contribution in [-0.2, 0) is 14.8 Å². The zero-order valence-corrected chi connectivity index (χ0v) is 19.2. The Morgan fingerprint density at radius 3 is 2.30 bits per heavy atom. The number of carbonyl (C=O) groups excluding carboxylic acids is 2. The Morgan fingerprint density at radius 1 is 1.03 bits per heavy atom. The van der Waals surface area contributed by atoms with Gasteiger partial charge < -0.3 is 10.6 Å². The average Bonchev–Trinajstić information content (AvgIpc) is 2.62. The van der Waals surface area contributed by atoms with Crippen molar-refractivity contribution in [3.63, 3.8) is 0 Å². The quantitative estimate of drug-likeness (QED) is 0.608. The molecule has 0 saturated carbocycles. The van der Waals surface area contributed by atoms with E-state index in [0.717, 1.165) is 5.56 Å². The van der Waals surface area contributed by atoms with Crippen LogP contribution >= 0.6 is 11.6 Å². The molecule has 9 heteroatoms. The van der Waals surface area contributed by atoms with Gasteiger partial charge in [0.2, 0.25) is 15.9 Å². The molecule has 0 unspecified atom stereocenters. The zero-order chi connectivity index (χ0) is 22.7. The third-order valence-corrected chi connectivity index (χ3v) is 6.25. The molecule has 3 N–H and O–H groups in total. The number of sulfonamides is 1. The molecule has 0 aromatic heterocycles. The molecule has 0 bridgehead atoms. The smallest absolute Gasteiger partial charge is 0.255 e. The summed E-state index contributed by atoms with van der Waals surface area (Å²) in [7, 11) is -3.92. The molecular weight excluding hydrogens is 426 g/mol. The summed E-state index contributed by atoms with van der Waals surface area (Å²) in [6, 6.07) is 9.22. The second kappa shape index (κ2) is 9.16. The molecule has 0 aliphatic carbocycles. The molecule has 0 fully saturated rings. The molecule has 0 aliphatic heterocycles. The minimum Gasteiger partial charge on any atom is -0.326 e. The van der Waals surface area contributed by atoms with Crippen LogP contribution in [0.5, 0.6) is 0 Å². The molecular formula is C21H26ClN3O4S. The van der Waals surface area contributed by atoms with Crippen LogP contribution in [0.15, 0.2) is 41.3 Å². The Morgan fingerprint density at radius 2 is 1.70 bits per heavy atom. The van der Waals surface area contributed by atoms with Crippen LogP contribution < -0.4 is 15.4 Å². The summed E-state index contributed by atoms with van der Waals surface area (Å²) in [5.74, 6) is -0.643. The molecule has 30 heavy (non-hydrogen) atoms. The highest BCUT2D eigenvalue weighted by molar-refractivity contribution is 7.89. The van der Waals surface area contributed by atoms with Gasteiger partial charge in [0.1, 0.15) is 4.90 Å². The van der Waals surface area contributed by atoms with Gasteiger partial charge >= 0.3 is 0 Å².